The summed E-state index contributed by atoms with van der Waals surface area (Å²) in [4.78, 5) is 10.9. The van der Waals surface area contributed by atoms with Gasteiger partial charge in [-0.05, 0) is 17.2 Å². The molecule has 1 aromatic carbocycles. The van der Waals surface area contributed by atoms with E-state index in [2.05, 4.69) is 31.9 Å². The molecule has 0 amide bonds. The number of hydrogen-bond acceptors (Lipinski definition) is 1. The molecule has 12 heavy (non-hydrogen) atoms. The van der Waals surface area contributed by atoms with E-state index in [4.69, 9.17) is 11.6 Å². The molecule has 0 bridgehead atoms. The summed E-state index contributed by atoms with van der Waals surface area (Å²) in [5.74, 6) is 0. The Labute approximate surface area is 92.4 Å². The lowest BCUT2D eigenvalue weighted by molar-refractivity contribution is -0.111. The molecule has 0 saturated heterocycles. The van der Waals surface area contributed by atoms with E-state index in [0.29, 0.717) is 0 Å². The van der Waals surface area contributed by atoms with E-state index in [-0.39, 0.29) is 0 Å². The summed E-state index contributed by atoms with van der Waals surface area (Å²) >= 11 is 11.8. The SMILES string of the molecule is O=C(Cl)C(Br)(Br)c1ccccc1. The number of benzene rings is 1. The predicted octanol–water partition coefficient (Wildman–Crippen LogP) is 3.39. The third kappa shape index (κ3) is 2.09. The van der Waals surface area contributed by atoms with Crippen LogP contribution in [0.5, 0.6) is 0 Å². The fourth-order valence-electron chi connectivity index (χ4n) is 0.761. The molecule has 1 aromatic rings. The Morgan fingerprint density at radius 2 is 1.75 bits per heavy atom. The monoisotopic (exact) mass is 310 g/mol. The zero-order chi connectivity index (χ0) is 9.19. The molecule has 0 aliphatic heterocycles. The lowest BCUT2D eigenvalue weighted by atomic mass is 10.2. The van der Waals surface area contributed by atoms with Gasteiger partial charge in [0.05, 0.1) is 0 Å². The highest BCUT2D eigenvalue weighted by Crippen LogP contribution is 2.39. The molecular weight excluding hydrogens is 307 g/mol. The van der Waals surface area contributed by atoms with Gasteiger partial charge in [-0.3, -0.25) is 4.79 Å². The maximum Gasteiger partial charge on any atom is 0.253 e. The van der Waals surface area contributed by atoms with Crippen LogP contribution >= 0.6 is 43.5 Å². The van der Waals surface area contributed by atoms with Crippen LogP contribution in [0.3, 0.4) is 0 Å². The largest absolute Gasteiger partial charge is 0.278 e. The van der Waals surface area contributed by atoms with Crippen LogP contribution in [0.1, 0.15) is 5.56 Å². The molecule has 0 aromatic heterocycles. The summed E-state index contributed by atoms with van der Waals surface area (Å²) in [7, 11) is 0. The van der Waals surface area contributed by atoms with Crippen LogP contribution in [-0.4, -0.2) is 5.24 Å². The molecule has 1 nitrogen and oxygen atoms in total. The van der Waals surface area contributed by atoms with Crippen molar-refractivity contribution in [3.8, 4) is 0 Å². The van der Waals surface area contributed by atoms with Gasteiger partial charge in [-0.25, -0.2) is 0 Å². The normalized spacial score (nSPS) is 11.2. The van der Waals surface area contributed by atoms with Crippen molar-refractivity contribution < 1.29 is 4.79 Å². The van der Waals surface area contributed by atoms with Gasteiger partial charge >= 0.3 is 0 Å². The second kappa shape index (κ2) is 3.90. The maximum absolute atomic E-state index is 10.9. The molecule has 4 heteroatoms. The number of hydrogen-bond donors (Lipinski definition) is 0. The van der Waals surface area contributed by atoms with E-state index in [1.54, 1.807) is 0 Å². The number of halogens is 3. The highest BCUT2D eigenvalue weighted by Gasteiger charge is 2.32. The van der Waals surface area contributed by atoms with Gasteiger partial charge in [-0.2, -0.15) is 0 Å². The highest BCUT2D eigenvalue weighted by molar-refractivity contribution is 9.25. The van der Waals surface area contributed by atoms with Crippen molar-refractivity contribution >= 4 is 48.7 Å². The minimum Gasteiger partial charge on any atom is -0.278 e. The van der Waals surface area contributed by atoms with Crippen molar-refractivity contribution in [2.24, 2.45) is 0 Å². The van der Waals surface area contributed by atoms with Crippen LogP contribution < -0.4 is 0 Å². The second-order valence-corrected chi connectivity index (χ2v) is 6.00. The lowest BCUT2D eigenvalue weighted by Gasteiger charge is -2.14. The molecule has 0 radical (unpaired) electrons. The number of carbonyl (C=O) groups excluding carboxylic acids is 1. The summed E-state index contributed by atoms with van der Waals surface area (Å²) in [6.07, 6.45) is 0. The Morgan fingerprint density at radius 1 is 1.25 bits per heavy atom. The fraction of sp³-hybridized carbons (Fsp3) is 0.125. The molecule has 0 atom stereocenters. The highest BCUT2D eigenvalue weighted by atomic mass is 79.9. The average molecular weight is 312 g/mol. The van der Waals surface area contributed by atoms with Gasteiger partial charge in [-0.1, -0.05) is 62.2 Å². The zero-order valence-electron chi connectivity index (χ0n) is 5.93. The minimum absolute atomic E-state index is 0.492. The standard InChI is InChI=1S/C8H5Br2ClO/c9-8(10,7(11)12)6-4-2-1-3-5-6/h1-5H. The minimum atomic E-state index is -0.956. The van der Waals surface area contributed by atoms with E-state index in [9.17, 15) is 4.79 Å². The molecule has 0 spiro atoms. The second-order valence-electron chi connectivity index (χ2n) is 2.21. The Morgan fingerprint density at radius 3 is 2.17 bits per heavy atom. The Hall–Kier alpha value is 0.140. The smallest absolute Gasteiger partial charge is 0.253 e. The molecule has 1 rings (SSSR count). The Kier molecular flexibility index (Phi) is 3.32. The third-order valence-corrected chi connectivity index (χ3v) is 3.76. The van der Waals surface area contributed by atoms with Gasteiger partial charge < -0.3 is 0 Å². The summed E-state index contributed by atoms with van der Waals surface area (Å²) in [6.45, 7) is 0. The summed E-state index contributed by atoms with van der Waals surface area (Å²) in [6, 6.07) is 9.17. The first kappa shape index (κ1) is 10.2. The quantitative estimate of drug-likeness (QED) is 0.604. The molecular formula is C8H5Br2ClO. The predicted molar refractivity (Wildman–Crippen MR) is 56.8 cm³/mol. The van der Waals surface area contributed by atoms with Gasteiger partial charge in [0.25, 0.3) is 5.24 Å². The van der Waals surface area contributed by atoms with E-state index < -0.39 is 8.48 Å². The molecule has 0 aliphatic rings. The van der Waals surface area contributed by atoms with E-state index in [1.165, 1.54) is 0 Å². The number of carbonyl (C=O) groups is 1. The first-order valence-electron chi connectivity index (χ1n) is 3.18. The topological polar surface area (TPSA) is 17.1 Å². The Bertz CT molecular complexity index is 284. The molecule has 0 fully saturated rings. The number of rotatable bonds is 2. The summed E-state index contributed by atoms with van der Waals surface area (Å²) < 4.78 is -0.956. The van der Waals surface area contributed by atoms with Gasteiger partial charge in [0.1, 0.15) is 0 Å². The molecule has 0 unspecified atom stereocenters. The zero-order valence-corrected chi connectivity index (χ0v) is 9.86. The van der Waals surface area contributed by atoms with Gasteiger partial charge in [-0.15, -0.1) is 0 Å². The van der Waals surface area contributed by atoms with E-state index >= 15 is 0 Å². The third-order valence-electron chi connectivity index (χ3n) is 1.38. The summed E-state index contributed by atoms with van der Waals surface area (Å²) in [5, 5.41) is -0.492. The van der Waals surface area contributed by atoms with E-state index in [0.717, 1.165) is 5.56 Å². The van der Waals surface area contributed by atoms with Crippen molar-refractivity contribution in [3.63, 3.8) is 0 Å². The van der Waals surface area contributed by atoms with Gasteiger partial charge in [0, 0.05) is 0 Å². The van der Waals surface area contributed by atoms with Crippen LogP contribution in [0.2, 0.25) is 0 Å². The molecule has 64 valence electrons. The number of alkyl halides is 2. The van der Waals surface area contributed by atoms with Crippen molar-refractivity contribution in [3.05, 3.63) is 35.9 Å². The fourth-order valence-corrected chi connectivity index (χ4v) is 1.40. The van der Waals surface area contributed by atoms with Crippen molar-refractivity contribution in [2.75, 3.05) is 0 Å². The van der Waals surface area contributed by atoms with Crippen LogP contribution in [-0.2, 0) is 8.03 Å². The molecule has 0 N–H and O–H groups in total. The average Bonchev–Trinajstić information content (AvgIpc) is 2.06. The van der Waals surface area contributed by atoms with Gasteiger partial charge in [0.15, 0.2) is 3.23 Å². The van der Waals surface area contributed by atoms with Gasteiger partial charge in [0.2, 0.25) is 0 Å². The molecule has 0 aliphatic carbocycles. The van der Waals surface area contributed by atoms with Crippen LogP contribution in [0, 0.1) is 0 Å². The summed E-state index contributed by atoms with van der Waals surface area (Å²) in [5.41, 5.74) is 0.782. The van der Waals surface area contributed by atoms with Crippen LogP contribution in [0.15, 0.2) is 30.3 Å². The Balaban J connectivity index is 3.06. The molecule has 0 heterocycles. The van der Waals surface area contributed by atoms with Crippen molar-refractivity contribution in [1.82, 2.24) is 0 Å². The van der Waals surface area contributed by atoms with Crippen molar-refractivity contribution in [2.45, 2.75) is 3.23 Å². The maximum atomic E-state index is 10.9. The first-order valence-corrected chi connectivity index (χ1v) is 5.15. The van der Waals surface area contributed by atoms with Crippen LogP contribution in [0.25, 0.3) is 0 Å². The van der Waals surface area contributed by atoms with E-state index in [1.807, 2.05) is 30.3 Å². The van der Waals surface area contributed by atoms with Crippen LogP contribution in [0.4, 0.5) is 0 Å². The lowest BCUT2D eigenvalue weighted by Crippen LogP contribution is -2.16. The molecule has 0 saturated carbocycles. The first-order chi connectivity index (χ1) is 5.55. The van der Waals surface area contributed by atoms with Crippen molar-refractivity contribution in [1.29, 1.82) is 0 Å².